The van der Waals surface area contributed by atoms with E-state index in [9.17, 15) is 19.5 Å². The zero-order valence-electron chi connectivity index (χ0n) is 18.2. The summed E-state index contributed by atoms with van der Waals surface area (Å²) in [6, 6.07) is 14.1. The average Bonchev–Trinajstić information content (AvgIpc) is 3.11. The van der Waals surface area contributed by atoms with Crippen LogP contribution in [-0.2, 0) is 13.0 Å². The van der Waals surface area contributed by atoms with Gasteiger partial charge in [0.2, 0.25) is 0 Å². The van der Waals surface area contributed by atoms with E-state index in [1.165, 1.54) is 4.57 Å². The third kappa shape index (κ3) is 5.03. The highest BCUT2D eigenvalue weighted by atomic mass is 16.4. The van der Waals surface area contributed by atoms with Crippen LogP contribution in [-0.4, -0.2) is 31.3 Å². The summed E-state index contributed by atoms with van der Waals surface area (Å²) in [5, 5.41) is 13.7. The first kappa shape index (κ1) is 22.8. The lowest BCUT2D eigenvalue weighted by molar-refractivity contribution is 0.0697. The number of aromatic nitrogens is 3. The fourth-order valence-electron chi connectivity index (χ4n) is 3.38. The highest BCUT2D eigenvalue weighted by molar-refractivity contribution is 5.96. The predicted molar refractivity (Wildman–Crippen MR) is 122 cm³/mol. The molecule has 0 amide bonds. The molecule has 0 atom stereocenters. The van der Waals surface area contributed by atoms with E-state index >= 15 is 0 Å². The van der Waals surface area contributed by atoms with E-state index in [4.69, 9.17) is 0 Å². The molecule has 1 heterocycles. The number of unbranched alkanes of at least 4 members (excludes halogenated alkanes) is 1. The molecule has 3 rings (SSSR count). The van der Waals surface area contributed by atoms with Gasteiger partial charge in [0.05, 0.1) is 18.5 Å². The molecule has 0 saturated carbocycles. The summed E-state index contributed by atoms with van der Waals surface area (Å²) in [6.07, 6.45) is 2.09. The van der Waals surface area contributed by atoms with Crippen molar-refractivity contribution in [1.82, 2.24) is 14.3 Å². The summed E-state index contributed by atoms with van der Waals surface area (Å²) in [5.41, 5.74) is 1.97. The van der Waals surface area contributed by atoms with Gasteiger partial charge in [-0.15, -0.1) is 15.7 Å². The van der Waals surface area contributed by atoms with Gasteiger partial charge in [-0.05, 0) is 36.1 Å². The van der Waals surface area contributed by atoms with Crippen LogP contribution in [0.3, 0.4) is 0 Å². The molecule has 0 aliphatic carbocycles. The van der Waals surface area contributed by atoms with Gasteiger partial charge >= 0.3 is 11.7 Å². The smallest absolute Gasteiger partial charge is 0.353 e. The summed E-state index contributed by atoms with van der Waals surface area (Å²) in [7, 11) is 0. The number of carbonyl (C=O) groups excluding carboxylic acids is 1. The van der Waals surface area contributed by atoms with E-state index < -0.39 is 11.7 Å². The number of hydrogen-bond acceptors (Lipinski definition) is 4. The molecule has 0 spiro atoms. The maximum absolute atomic E-state index is 12.9. The number of aromatic carboxylic acids is 1. The van der Waals surface area contributed by atoms with E-state index in [0.717, 1.165) is 22.2 Å². The summed E-state index contributed by atoms with van der Waals surface area (Å²) in [6.45, 7) is 3.93. The minimum atomic E-state index is -0.988. The molecule has 0 aliphatic rings. The maximum Gasteiger partial charge on any atom is 0.353 e. The van der Waals surface area contributed by atoms with Crippen molar-refractivity contribution in [2.75, 3.05) is 0 Å². The molecule has 1 aromatic heterocycles. The lowest BCUT2D eigenvalue weighted by Gasteiger charge is -2.08. The number of carbonyl (C=O) groups is 2. The maximum atomic E-state index is 12.9. The Labute approximate surface area is 186 Å². The molecule has 32 heavy (non-hydrogen) atoms. The second kappa shape index (κ2) is 10.4. The van der Waals surface area contributed by atoms with Crippen LogP contribution in [0, 0.1) is 11.8 Å². The Morgan fingerprint density at radius 2 is 1.81 bits per heavy atom. The zero-order valence-corrected chi connectivity index (χ0v) is 18.2. The lowest BCUT2D eigenvalue weighted by Crippen LogP contribution is -2.30. The predicted octanol–water partition coefficient (Wildman–Crippen LogP) is 3.85. The molecule has 0 radical (unpaired) electrons. The van der Waals surface area contributed by atoms with E-state index in [1.54, 1.807) is 31.2 Å². The van der Waals surface area contributed by atoms with E-state index in [-0.39, 0.29) is 30.9 Å². The molecule has 2 aromatic carbocycles. The molecule has 1 N–H and O–H groups in total. The Bertz CT molecular complexity index is 1240. The van der Waals surface area contributed by atoms with Crippen molar-refractivity contribution in [3.8, 4) is 23.0 Å². The standard InChI is InChI=1S/C25H25N3O4/c1-3-5-11-22-26-28(23(29)12-6-4-2)25(32)27(22)17-18-13-15-19(16-14-18)20-9-7-8-10-21(20)24(30)31/h7-10,13-16H,4,6,11-12,17H2,1-2H3,(H,30,31). The number of benzene rings is 2. The third-order valence-corrected chi connectivity index (χ3v) is 5.11. The van der Waals surface area contributed by atoms with Gasteiger partial charge in [0.25, 0.3) is 5.91 Å². The van der Waals surface area contributed by atoms with Gasteiger partial charge in [0.1, 0.15) is 5.82 Å². The van der Waals surface area contributed by atoms with Gasteiger partial charge in [-0.2, -0.15) is 0 Å². The number of carboxylic acids is 1. The second-order valence-corrected chi connectivity index (χ2v) is 7.35. The Morgan fingerprint density at radius 1 is 1.09 bits per heavy atom. The number of rotatable bonds is 8. The summed E-state index contributed by atoms with van der Waals surface area (Å²) >= 11 is 0. The Balaban J connectivity index is 1.92. The Hall–Kier alpha value is -3.92. The van der Waals surface area contributed by atoms with Crippen molar-refractivity contribution in [2.24, 2.45) is 0 Å². The van der Waals surface area contributed by atoms with E-state index in [2.05, 4.69) is 16.9 Å². The highest BCUT2D eigenvalue weighted by Gasteiger charge is 2.18. The van der Waals surface area contributed by atoms with Gasteiger partial charge in [-0.3, -0.25) is 9.36 Å². The van der Waals surface area contributed by atoms with Gasteiger partial charge in [0, 0.05) is 6.42 Å². The SMILES string of the molecule is CC#CCc1nn(C(=O)CCCC)c(=O)n1Cc1ccc(-c2ccccc2C(=O)O)cc1. The molecular formula is C25H25N3O4. The van der Waals surface area contributed by atoms with Crippen molar-refractivity contribution >= 4 is 11.9 Å². The zero-order chi connectivity index (χ0) is 23.1. The molecule has 0 saturated heterocycles. The molecule has 0 fully saturated rings. The van der Waals surface area contributed by atoms with Crippen LogP contribution in [0.2, 0.25) is 0 Å². The average molecular weight is 431 g/mol. The molecule has 0 unspecified atom stereocenters. The molecule has 7 nitrogen and oxygen atoms in total. The summed E-state index contributed by atoms with van der Waals surface area (Å²) in [5.74, 6) is 4.83. The molecule has 0 bridgehead atoms. The first-order valence-corrected chi connectivity index (χ1v) is 10.5. The van der Waals surface area contributed by atoms with Gasteiger partial charge < -0.3 is 5.11 Å². The quantitative estimate of drug-likeness (QED) is 0.547. The Morgan fingerprint density at radius 3 is 2.47 bits per heavy atom. The number of carboxylic acid groups (broad SMARTS) is 1. The van der Waals surface area contributed by atoms with E-state index in [1.807, 2.05) is 31.2 Å². The minimum absolute atomic E-state index is 0.226. The lowest BCUT2D eigenvalue weighted by atomic mass is 9.99. The number of hydrogen-bond donors (Lipinski definition) is 1. The molecule has 164 valence electrons. The van der Waals surface area contributed by atoms with Gasteiger partial charge in [0.15, 0.2) is 0 Å². The topological polar surface area (TPSA) is 94.2 Å². The molecule has 0 aliphatic heterocycles. The largest absolute Gasteiger partial charge is 0.478 e. The van der Waals surface area contributed by atoms with Crippen LogP contribution < -0.4 is 5.69 Å². The first-order chi connectivity index (χ1) is 15.5. The summed E-state index contributed by atoms with van der Waals surface area (Å²) in [4.78, 5) is 36.8. The third-order valence-electron chi connectivity index (χ3n) is 5.11. The minimum Gasteiger partial charge on any atom is -0.478 e. The van der Waals surface area contributed by atoms with Crippen molar-refractivity contribution < 1.29 is 14.7 Å². The number of nitrogens with zero attached hydrogens (tertiary/aromatic N) is 3. The molecular weight excluding hydrogens is 406 g/mol. The van der Waals surface area contributed by atoms with Crippen LogP contribution in [0.25, 0.3) is 11.1 Å². The van der Waals surface area contributed by atoms with Gasteiger partial charge in [-0.1, -0.05) is 61.7 Å². The fraction of sp³-hybridized carbons (Fsp3) is 0.280. The van der Waals surface area contributed by atoms with Crippen molar-refractivity contribution in [3.05, 3.63) is 76.0 Å². The van der Waals surface area contributed by atoms with Crippen molar-refractivity contribution in [2.45, 2.75) is 46.1 Å². The normalized spacial score (nSPS) is 10.4. The molecule has 7 heteroatoms. The first-order valence-electron chi connectivity index (χ1n) is 10.5. The van der Waals surface area contributed by atoms with Crippen LogP contribution >= 0.6 is 0 Å². The summed E-state index contributed by atoms with van der Waals surface area (Å²) < 4.78 is 2.41. The Kier molecular flexibility index (Phi) is 7.40. The van der Waals surface area contributed by atoms with Gasteiger partial charge in [-0.25, -0.2) is 9.59 Å². The second-order valence-electron chi connectivity index (χ2n) is 7.35. The van der Waals surface area contributed by atoms with Crippen LogP contribution in [0.1, 0.15) is 59.7 Å². The highest BCUT2D eigenvalue weighted by Crippen LogP contribution is 2.24. The monoisotopic (exact) mass is 431 g/mol. The van der Waals surface area contributed by atoms with Crippen LogP contribution in [0.15, 0.2) is 53.3 Å². The van der Waals surface area contributed by atoms with Crippen LogP contribution in [0.5, 0.6) is 0 Å². The fourth-order valence-corrected chi connectivity index (χ4v) is 3.38. The molecule has 3 aromatic rings. The van der Waals surface area contributed by atoms with Crippen LogP contribution in [0.4, 0.5) is 0 Å². The van der Waals surface area contributed by atoms with E-state index in [0.29, 0.717) is 17.8 Å². The van der Waals surface area contributed by atoms with Crippen molar-refractivity contribution in [3.63, 3.8) is 0 Å². The van der Waals surface area contributed by atoms with Crippen molar-refractivity contribution in [1.29, 1.82) is 0 Å².